The van der Waals surface area contributed by atoms with E-state index in [2.05, 4.69) is 16.0 Å². The van der Waals surface area contributed by atoms with Crippen molar-refractivity contribution in [3.63, 3.8) is 0 Å². The fraction of sp³-hybridized carbons (Fsp3) is 0.125. The summed E-state index contributed by atoms with van der Waals surface area (Å²) in [4.78, 5) is 24.1. The van der Waals surface area contributed by atoms with Gasteiger partial charge in [0, 0.05) is 23.9 Å². The molecule has 7 nitrogen and oxygen atoms in total. The molecule has 2 amide bonds. The van der Waals surface area contributed by atoms with Gasteiger partial charge in [-0.2, -0.15) is 0 Å². The molecule has 0 unspecified atom stereocenters. The van der Waals surface area contributed by atoms with Gasteiger partial charge >= 0.3 is 0 Å². The van der Waals surface area contributed by atoms with Crippen molar-refractivity contribution >= 4 is 34.8 Å². The number of anilines is 1. The van der Waals surface area contributed by atoms with E-state index in [-0.39, 0.29) is 16.9 Å². The summed E-state index contributed by atoms with van der Waals surface area (Å²) >= 11 is 5.21. The van der Waals surface area contributed by atoms with E-state index in [0.29, 0.717) is 35.8 Å². The standard InChI is InChI=1S/C24H23N3O4S/c1-25-22(28)17-10-12-19(13-11-17)26-24(32)27-23(29)18-6-5-9-21(16-18)31-15-14-30-20-7-3-2-4-8-20/h2-13,16H,14-15H2,1H3,(H,25,28)(H2,26,27,29,32). The van der Waals surface area contributed by atoms with Crippen LogP contribution in [0.1, 0.15) is 20.7 Å². The number of amides is 2. The predicted molar refractivity (Wildman–Crippen MR) is 127 cm³/mol. The molecule has 0 aliphatic rings. The Labute approximate surface area is 191 Å². The molecule has 3 N–H and O–H groups in total. The predicted octanol–water partition coefficient (Wildman–Crippen LogP) is 3.63. The molecule has 0 aliphatic carbocycles. The molecule has 8 heteroatoms. The quantitative estimate of drug-likeness (QED) is 0.360. The number of ether oxygens (including phenoxy) is 2. The molecule has 32 heavy (non-hydrogen) atoms. The minimum atomic E-state index is -0.365. The first-order valence-corrected chi connectivity index (χ1v) is 10.3. The average Bonchev–Trinajstić information content (AvgIpc) is 2.82. The lowest BCUT2D eigenvalue weighted by atomic mass is 10.2. The van der Waals surface area contributed by atoms with Gasteiger partial charge in [0.2, 0.25) is 0 Å². The molecule has 0 saturated heterocycles. The molecule has 0 aliphatic heterocycles. The van der Waals surface area contributed by atoms with Gasteiger partial charge in [0.05, 0.1) is 0 Å². The normalized spacial score (nSPS) is 10.0. The van der Waals surface area contributed by atoms with Gasteiger partial charge in [-0.1, -0.05) is 24.3 Å². The van der Waals surface area contributed by atoms with Crippen molar-refractivity contribution < 1.29 is 19.1 Å². The van der Waals surface area contributed by atoms with Crippen molar-refractivity contribution in [2.45, 2.75) is 0 Å². The van der Waals surface area contributed by atoms with E-state index in [1.54, 1.807) is 55.6 Å². The molecule has 0 radical (unpaired) electrons. The third-order valence-electron chi connectivity index (χ3n) is 4.32. The molecule has 3 rings (SSSR count). The third kappa shape index (κ3) is 6.82. The van der Waals surface area contributed by atoms with E-state index in [1.165, 1.54) is 0 Å². The van der Waals surface area contributed by atoms with Crippen molar-refractivity contribution in [2.75, 3.05) is 25.6 Å². The Bertz CT molecular complexity index is 1070. The van der Waals surface area contributed by atoms with Crippen LogP contribution in [0.5, 0.6) is 11.5 Å². The highest BCUT2D eigenvalue weighted by Gasteiger charge is 2.10. The number of thiocarbonyl (C=S) groups is 1. The van der Waals surface area contributed by atoms with Crippen LogP contribution in [0.15, 0.2) is 78.9 Å². The summed E-state index contributed by atoms with van der Waals surface area (Å²) in [5.74, 6) is 0.781. The minimum absolute atomic E-state index is 0.144. The highest BCUT2D eigenvalue weighted by atomic mass is 32.1. The Hall–Kier alpha value is -3.91. The topological polar surface area (TPSA) is 88.7 Å². The fourth-order valence-corrected chi connectivity index (χ4v) is 2.96. The molecule has 0 bridgehead atoms. The van der Waals surface area contributed by atoms with Gasteiger partial charge in [-0.05, 0) is 66.8 Å². The molecule has 164 valence electrons. The highest BCUT2D eigenvalue weighted by Crippen LogP contribution is 2.14. The van der Waals surface area contributed by atoms with Gasteiger partial charge in [0.25, 0.3) is 11.8 Å². The van der Waals surface area contributed by atoms with Crippen molar-refractivity contribution in [1.82, 2.24) is 10.6 Å². The summed E-state index contributed by atoms with van der Waals surface area (Å²) in [5.41, 5.74) is 1.59. The molecule has 0 spiro atoms. The van der Waals surface area contributed by atoms with Gasteiger partial charge in [0.1, 0.15) is 24.7 Å². The average molecular weight is 450 g/mol. The van der Waals surface area contributed by atoms with Crippen LogP contribution in [0.3, 0.4) is 0 Å². The molecule has 0 fully saturated rings. The van der Waals surface area contributed by atoms with Crippen molar-refractivity contribution in [3.05, 3.63) is 90.0 Å². The van der Waals surface area contributed by atoms with Crippen LogP contribution in [0.2, 0.25) is 0 Å². The SMILES string of the molecule is CNC(=O)c1ccc(NC(=S)NC(=O)c2cccc(OCCOc3ccccc3)c2)cc1. The van der Waals surface area contributed by atoms with Crippen LogP contribution in [-0.4, -0.2) is 37.2 Å². The molecule has 0 atom stereocenters. The van der Waals surface area contributed by atoms with Crippen molar-refractivity contribution in [3.8, 4) is 11.5 Å². The van der Waals surface area contributed by atoms with Crippen LogP contribution < -0.4 is 25.4 Å². The van der Waals surface area contributed by atoms with Gasteiger partial charge < -0.3 is 20.1 Å². The number of hydrogen-bond acceptors (Lipinski definition) is 5. The largest absolute Gasteiger partial charge is 0.490 e. The number of rotatable bonds is 8. The van der Waals surface area contributed by atoms with E-state index >= 15 is 0 Å². The summed E-state index contributed by atoms with van der Waals surface area (Å²) in [6.07, 6.45) is 0. The van der Waals surface area contributed by atoms with E-state index in [4.69, 9.17) is 21.7 Å². The maximum atomic E-state index is 12.5. The Kier molecular flexibility index (Phi) is 8.16. The Balaban J connectivity index is 1.48. The zero-order valence-electron chi connectivity index (χ0n) is 17.5. The summed E-state index contributed by atoms with van der Waals surface area (Å²) < 4.78 is 11.3. The van der Waals surface area contributed by atoms with Gasteiger partial charge in [0.15, 0.2) is 5.11 Å². The van der Waals surface area contributed by atoms with E-state index in [0.717, 1.165) is 5.75 Å². The lowest BCUT2D eigenvalue weighted by Gasteiger charge is -2.11. The van der Waals surface area contributed by atoms with Crippen molar-refractivity contribution in [2.24, 2.45) is 0 Å². The summed E-state index contributed by atoms with van der Waals surface area (Å²) in [6, 6.07) is 23.0. The number of carbonyl (C=O) groups is 2. The monoisotopic (exact) mass is 449 g/mol. The van der Waals surface area contributed by atoms with E-state index in [1.807, 2.05) is 30.3 Å². The fourth-order valence-electron chi connectivity index (χ4n) is 2.75. The highest BCUT2D eigenvalue weighted by molar-refractivity contribution is 7.80. The van der Waals surface area contributed by atoms with Gasteiger partial charge in [-0.25, -0.2) is 0 Å². The second kappa shape index (κ2) is 11.5. The maximum absolute atomic E-state index is 12.5. The van der Waals surface area contributed by atoms with Crippen LogP contribution in [0, 0.1) is 0 Å². The summed E-state index contributed by atoms with van der Waals surface area (Å²) in [7, 11) is 1.57. The second-order valence-corrected chi connectivity index (χ2v) is 7.01. The molecule has 3 aromatic rings. The van der Waals surface area contributed by atoms with Crippen molar-refractivity contribution in [1.29, 1.82) is 0 Å². The Morgan fingerprint density at radius 3 is 2.12 bits per heavy atom. The number of carbonyl (C=O) groups excluding carboxylic acids is 2. The first-order valence-electron chi connectivity index (χ1n) is 9.90. The van der Waals surface area contributed by atoms with Gasteiger partial charge in [-0.15, -0.1) is 0 Å². The van der Waals surface area contributed by atoms with Crippen LogP contribution in [0.4, 0.5) is 5.69 Å². The van der Waals surface area contributed by atoms with Crippen LogP contribution in [0.25, 0.3) is 0 Å². The van der Waals surface area contributed by atoms with E-state index < -0.39 is 0 Å². The molecule has 3 aromatic carbocycles. The number of nitrogens with one attached hydrogen (secondary N) is 3. The molecular formula is C24H23N3O4S. The lowest BCUT2D eigenvalue weighted by Crippen LogP contribution is -2.34. The summed E-state index contributed by atoms with van der Waals surface area (Å²) in [5, 5.41) is 8.25. The number of para-hydroxylation sites is 1. The summed E-state index contributed by atoms with van der Waals surface area (Å²) in [6.45, 7) is 0.721. The number of hydrogen-bond donors (Lipinski definition) is 3. The molecular weight excluding hydrogens is 426 g/mol. The van der Waals surface area contributed by atoms with E-state index in [9.17, 15) is 9.59 Å². The maximum Gasteiger partial charge on any atom is 0.257 e. The first-order chi connectivity index (χ1) is 15.5. The number of benzene rings is 3. The lowest BCUT2D eigenvalue weighted by molar-refractivity contribution is 0.0959. The zero-order valence-corrected chi connectivity index (χ0v) is 18.3. The Morgan fingerprint density at radius 2 is 1.44 bits per heavy atom. The van der Waals surface area contributed by atoms with Gasteiger partial charge in [-0.3, -0.25) is 14.9 Å². The zero-order chi connectivity index (χ0) is 22.8. The second-order valence-electron chi connectivity index (χ2n) is 6.60. The minimum Gasteiger partial charge on any atom is -0.490 e. The van der Waals surface area contributed by atoms with Crippen LogP contribution >= 0.6 is 12.2 Å². The molecule has 0 saturated carbocycles. The van der Waals surface area contributed by atoms with Crippen LogP contribution in [-0.2, 0) is 0 Å². The smallest absolute Gasteiger partial charge is 0.257 e. The first kappa shape index (κ1) is 22.8. The molecule has 0 heterocycles. The molecule has 0 aromatic heterocycles. The Morgan fingerprint density at radius 1 is 0.781 bits per heavy atom. The third-order valence-corrected chi connectivity index (χ3v) is 4.52.